The van der Waals surface area contributed by atoms with Gasteiger partial charge in [-0.2, -0.15) is 0 Å². The summed E-state index contributed by atoms with van der Waals surface area (Å²) in [7, 11) is 0. The third-order valence-electron chi connectivity index (χ3n) is 2.35. The predicted molar refractivity (Wildman–Crippen MR) is 61.2 cm³/mol. The fourth-order valence-corrected chi connectivity index (χ4v) is 1.34. The smallest absolute Gasteiger partial charge is 0.224 e. The zero-order chi connectivity index (χ0) is 11.5. The first-order chi connectivity index (χ1) is 6.95. The number of carbonyl (C=O) groups is 1. The third-order valence-corrected chi connectivity index (χ3v) is 2.35. The molecule has 0 radical (unpaired) electrons. The molecule has 0 bridgehead atoms. The number of hydrogen-bond acceptors (Lipinski definition) is 2. The fraction of sp³-hybridized carbons (Fsp3) is 0.615. The second kappa shape index (κ2) is 4.65. The molecule has 0 aromatic rings. The lowest BCUT2D eigenvalue weighted by Crippen LogP contribution is -2.08. The van der Waals surface area contributed by atoms with Gasteiger partial charge in [-0.15, -0.1) is 0 Å². The molecular formula is C13H20O2. The number of ketones is 1. The summed E-state index contributed by atoms with van der Waals surface area (Å²) in [6.45, 7) is 8.26. The van der Waals surface area contributed by atoms with E-state index in [-0.39, 0.29) is 11.2 Å². The van der Waals surface area contributed by atoms with Crippen LogP contribution in [0.15, 0.2) is 23.7 Å². The van der Waals surface area contributed by atoms with Crippen molar-refractivity contribution in [2.75, 3.05) is 0 Å². The fourth-order valence-electron chi connectivity index (χ4n) is 1.34. The van der Waals surface area contributed by atoms with E-state index in [1.165, 1.54) is 0 Å². The predicted octanol–water partition coefficient (Wildman–Crippen LogP) is 3.59. The van der Waals surface area contributed by atoms with Crippen LogP contribution in [0.25, 0.3) is 0 Å². The highest BCUT2D eigenvalue weighted by molar-refractivity contribution is 6.04. The van der Waals surface area contributed by atoms with E-state index >= 15 is 0 Å². The highest BCUT2D eigenvalue weighted by Crippen LogP contribution is 2.32. The molecule has 1 aliphatic rings. The van der Waals surface area contributed by atoms with Crippen molar-refractivity contribution in [3.05, 3.63) is 23.7 Å². The molecule has 0 aromatic carbocycles. The molecule has 0 spiro atoms. The minimum atomic E-state index is -0.0873. The molecular weight excluding hydrogens is 188 g/mol. The summed E-state index contributed by atoms with van der Waals surface area (Å²) in [6.07, 6.45) is 6.67. The molecule has 2 heteroatoms. The zero-order valence-electron chi connectivity index (χ0n) is 10.1. The average Bonchev–Trinajstić information content (AvgIpc) is 2.48. The van der Waals surface area contributed by atoms with Gasteiger partial charge in [0.15, 0.2) is 5.76 Å². The maximum atomic E-state index is 11.6. The van der Waals surface area contributed by atoms with Crippen molar-refractivity contribution in [3.63, 3.8) is 0 Å². The highest BCUT2D eigenvalue weighted by atomic mass is 16.5. The number of ether oxygens (including phenoxy) is 1. The van der Waals surface area contributed by atoms with Gasteiger partial charge in [0.05, 0.1) is 0 Å². The van der Waals surface area contributed by atoms with Gasteiger partial charge in [-0.1, -0.05) is 34.1 Å². The van der Waals surface area contributed by atoms with Crippen LogP contribution in [0.5, 0.6) is 0 Å². The first-order valence-corrected chi connectivity index (χ1v) is 5.59. The normalized spacial score (nSPS) is 19.3. The van der Waals surface area contributed by atoms with Crippen LogP contribution in [-0.4, -0.2) is 5.78 Å². The van der Waals surface area contributed by atoms with Gasteiger partial charge >= 0.3 is 0 Å². The Balaban J connectivity index is 2.64. The molecule has 0 unspecified atom stereocenters. The molecule has 0 N–H and O–H groups in total. The van der Waals surface area contributed by atoms with Crippen LogP contribution in [0.1, 0.15) is 47.0 Å². The summed E-state index contributed by atoms with van der Waals surface area (Å²) in [4.78, 5) is 11.6. The van der Waals surface area contributed by atoms with Crippen molar-refractivity contribution in [1.82, 2.24) is 0 Å². The molecule has 1 aliphatic heterocycles. The second-order valence-electron chi connectivity index (χ2n) is 4.94. The molecule has 15 heavy (non-hydrogen) atoms. The van der Waals surface area contributed by atoms with Crippen LogP contribution < -0.4 is 0 Å². The van der Waals surface area contributed by atoms with Gasteiger partial charge < -0.3 is 4.74 Å². The largest absolute Gasteiger partial charge is 0.457 e. The SMILES string of the molecule is CCCC/C=C1/OC(C(C)(C)C)=CC1=O. The minimum Gasteiger partial charge on any atom is -0.457 e. The monoisotopic (exact) mass is 208 g/mol. The summed E-state index contributed by atoms with van der Waals surface area (Å²) in [5.74, 6) is 1.29. The summed E-state index contributed by atoms with van der Waals surface area (Å²) in [6, 6.07) is 0. The molecule has 0 amide bonds. The Morgan fingerprint density at radius 3 is 2.53 bits per heavy atom. The van der Waals surface area contributed by atoms with Crippen molar-refractivity contribution < 1.29 is 9.53 Å². The topological polar surface area (TPSA) is 26.3 Å². The van der Waals surface area contributed by atoms with E-state index in [4.69, 9.17) is 4.74 Å². The van der Waals surface area contributed by atoms with Gasteiger partial charge in [0.1, 0.15) is 5.76 Å². The molecule has 2 nitrogen and oxygen atoms in total. The Morgan fingerprint density at radius 2 is 2.07 bits per heavy atom. The van der Waals surface area contributed by atoms with Crippen LogP contribution >= 0.6 is 0 Å². The Hall–Kier alpha value is -1.05. The average molecular weight is 208 g/mol. The van der Waals surface area contributed by atoms with Gasteiger partial charge in [0.2, 0.25) is 5.78 Å². The van der Waals surface area contributed by atoms with Crippen LogP contribution in [-0.2, 0) is 9.53 Å². The lowest BCUT2D eigenvalue weighted by molar-refractivity contribution is -0.112. The number of allylic oxidation sites excluding steroid dienone is 3. The molecule has 1 heterocycles. The van der Waals surface area contributed by atoms with Gasteiger partial charge in [-0.25, -0.2) is 0 Å². The van der Waals surface area contributed by atoms with Gasteiger partial charge in [0.25, 0.3) is 0 Å². The molecule has 0 fully saturated rings. The van der Waals surface area contributed by atoms with Crippen molar-refractivity contribution >= 4 is 5.78 Å². The minimum absolute atomic E-state index is 0.0102. The molecule has 84 valence electrons. The van der Waals surface area contributed by atoms with Crippen LogP contribution in [0.3, 0.4) is 0 Å². The Labute approximate surface area is 92.0 Å². The first kappa shape index (κ1) is 12.0. The van der Waals surface area contributed by atoms with Gasteiger partial charge in [-0.3, -0.25) is 4.79 Å². The van der Waals surface area contributed by atoms with E-state index < -0.39 is 0 Å². The summed E-state index contributed by atoms with van der Waals surface area (Å²) < 4.78 is 5.56. The molecule has 1 rings (SSSR count). The van der Waals surface area contributed by atoms with E-state index in [2.05, 4.69) is 6.92 Å². The molecule has 0 aliphatic carbocycles. The van der Waals surface area contributed by atoms with Gasteiger partial charge in [0, 0.05) is 11.5 Å². The number of hydrogen-bond donors (Lipinski definition) is 0. The van der Waals surface area contributed by atoms with Gasteiger partial charge in [-0.05, 0) is 18.9 Å². The van der Waals surface area contributed by atoms with Crippen molar-refractivity contribution in [3.8, 4) is 0 Å². The van der Waals surface area contributed by atoms with Crippen LogP contribution in [0.2, 0.25) is 0 Å². The van der Waals surface area contributed by atoms with Crippen molar-refractivity contribution in [2.45, 2.75) is 47.0 Å². The number of carbonyl (C=O) groups excluding carboxylic acids is 1. The van der Waals surface area contributed by atoms with E-state index in [1.54, 1.807) is 6.08 Å². The number of unbranched alkanes of at least 4 members (excludes halogenated alkanes) is 2. The second-order valence-corrected chi connectivity index (χ2v) is 4.94. The standard InChI is InChI=1S/C13H20O2/c1-5-6-7-8-11-10(14)9-12(15-11)13(2,3)4/h8-9H,5-7H2,1-4H3/b11-8+. The Kier molecular flexibility index (Phi) is 3.72. The lowest BCUT2D eigenvalue weighted by atomic mass is 9.94. The third kappa shape index (κ3) is 3.22. The Bertz CT molecular complexity index is 303. The molecule has 0 aromatic heterocycles. The summed E-state index contributed by atoms with van der Waals surface area (Å²) >= 11 is 0. The summed E-state index contributed by atoms with van der Waals surface area (Å²) in [5.41, 5.74) is -0.0873. The van der Waals surface area contributed by atoms with Crippen molar-refractivity contribution in [1.29, 1.82) is 0 Å². The number of rotatable bonds is 3. The zero-order valence-corrected chi connectivity index (χ0v) is 10.1. The Morgan fingerprint density at radius 1 is 1.40 bits per heavy atom. The van der Waals surface area contributed by atoms with Crippen LogP contribution in [0, 0.1) is 5.41 Å². The quantitative estimate of drug-likeness (QED) is 0.523. The van der Waals surface area contributed by atoms with E-state index in [1.807, 2.05) is 26.8 Å². The first-order valence-electron chi connectivity index (χ1n) is 5.59. The molecule has 0 atom stereocenters. The molecule has 0 saturated carbocycles. The van der Waals surface area contributed by atoms with Crippen LogP contribution in [0.4, 0.5) is 0 Å². The summed E-state index contributed by atoms with van der Waals surface area (Å²) in [5, 5.41) is 0. The van der Waals surface area contributed by atoms with Crippen molar-refractivity contribution in [2.24, 2.45) is 5.41 Å². The van der Waals surface area contributed by atoms with E-state index in [9.17, 15) is 4.79 Å². The molecule has 0 saturated heterocycles. The van der Waals surface area contributed by atoms with E-state index in [0.29, 0.717) is 5.76 Å². The highest BCUT2D eigenvalue weighted by Gasteiger charge is 2.28. The van der Waals surface area contributed by atoms with E-state index in [0.717, 1.165) is 25.0 Å². The lowest BCUT2D eigenvalue weighted by Gasteiger charge is -2.18. The maximum Gasteiger partial charge on any atom is 0.224 e. The maximum absolute atomic E-state index is 11.6.